The largest absolute Gasteiger partial charge is 0.377 e. The lowest BCUT2D eigenvalue weighted by molar-refractivity contribution is -0.373. The van der Waals surface area contributed by atoms with E-state index in [4.69, 9.17) is 18.9 Å². The lowest BCUT2D eigenvalue weighted by Gasteiger charge is -2.68. The minimum atomic E-state index is -0.811. The van der Waals surface area contributed by atoms with Crippen molar-refractivity contribution in [1.29, 1.82) is 0 Å². The Kier molecular flexibility index (Phi) is 4.36. The van der Waals surface area contributed by atoms with E-state index in [2.05, 4.69) is 36.9 Å². The van der Waals surface area contributed by atoms with Gasteiger partial charge in [-0.15, -0.1) is 6.58 Å². The molecule has 148 valence electrons. The molecule has 1 spiro atoms. The third-order valence-corrected chi connectivity index (χ3v) is 7.33. The van der Waals surface area contributed by atoms with Crippen LogP contribution in [0.1, 0.15) is 12.0 Å². The van der Waals surface area contributed by atoms with Gasteiger partial charge in [0.05, 0.1) is 43.9 Å². The predicted molar refractivity (Wildman–Crippen MR) is 106 cm³/mol. The number of hydrogen-bond donors (Lipinski definition) is 0. The molecule has 2 aliphatic heterocycles. The van der Waals surface area contributed by atoms with Crippen molar-refractivity contribution in [1.82, 2.24) is 0 Å². The molecule has 2 bridgehead atoms. The second kappa shape index (κ2) is 6.67. The average Bonchev–Trinajstić information content (AvgIpc) is 2.76. The molecule has 3 aliphatic carbocycles. The molecular weight excluding hydrogens is 352 g/mol. The minimum Gasteiger partial charge on any atom is -0.377 e. The molecule has 6 rings (SSSR count). The third-order valence-electron chi connectivity index (χ3n) is 7.33. The first kappa shape index (κ1) is 18.3. The van der Waals surface area contributed by atoms with E-state index in [1.165, 1.54) is 5.57 Å². The Morgan fingerprint density at radius 1 is 1.29 bits per heavy atom. The quantitative estimate of drug-likeness (QED) is 0.702. The van der Waals surface area contributed by atoms with Gasteiger partial charge in [0, 0.05) is 18.9 Å². The number of ether oxygens (including phenoxy) is 4. The van der Waals surface area contributed by atoms with Crippen molar-refractivity contribution in [3.05, 3.63) is 72.4 Å². The number of allylic oxidation sites excluding steroid dienone is 2. The number of hydrogen-bond acceptors (Lipinski definition) is 4. The van der Waals surface area contributed by atoms with Gasteiger partial charge in [0.15, 0.2) is 5.79 Å². The van der Waals surface area contributed by atoms with Gasteiger partial charge in [-0.2, -0.15) is 0 Å². The molecule has 2 heterocycles. The summed E-state index contributed by atoms with van der Waals surface area (Å²) in [5.74, 6) is -0.362. The van der Waals surface area contributed by atoms with Crippen molar-refractivity contribution in [3.8, 4) is 0 Å². The molecule has 2 saturated heterocycles. The first-order valence-corrected chi connectivity index (χ1v) is 10.1. The van der Waals surface area contributed by atoms with E-state index in [0.717, 1.165) is 18.6 Å². The SMILES string of the molecule is C=CC1(COCc2ccccc2)C2C=CC34C(=C2)COC[C@@H]3CCOC14OC. The molecule has 5 atom stereocenters. The molecule has 4 unspecified atom stereocenters. The molecule has 1 aromatic carbocycles. The summed E-state index contributed by atoms with van der Waals surface area (Å²) >= 11 is 0. The highest BCUT2D eigenvalue weighted by molar-refractivity contribution is 5.46. The Bertz CT molecular complexity index is 813. The van der Waals surface area contributed by atoms with Crippen LogP contribution in [0.3, 0.4) is 0 Å². The zero-order chi connectivity index (χ0) is 19.2. The lowest BCUT2D eigenvalue weighted by atomic mass is 9.45. The van der Waals surface area contributed by atoms with Crippen molar-refractivity contribution in [2.75, 3.05) is 33.5 Å². The highest BCUT2D eigenvalue weighted by atomic mass is 16.7. The molecular formula is C24H28O4. The van der Waals surface area contributed by atoms with Gasteiger partial charge in [-0.25, -0.2) is 0 Å². The van der Waals surface area contributed by atoms with Gasteiger partial charge in [0.25, 0.3) is 0 Å². The molecule has 1 aromatic rings. The van der Waals surface area contributed by atoms with E-state index in [0.29, 0.717) is 32.3 Å². The first-order chi connectivity index (χ1) is 13.7. The molecule has 2 fully saturated rings. The fraction of sp³-hybridized carbons (Fsp3) is 0.500. The Balaban J connectivity index is 1.55. The van der Waals surface area contributed by atoms with Crippen LogP contribution in [-0.4, -0.2) is 39.3 Å². The van der Waals surface area contributed by atoms with Crippen LogP contribution in [0.15, 0.2) is 66.8 Å². The van der Waals surface area contributed by atoms with E-state index in [9.17, 15) is 0 Å². The van der Waals surface area contributed by atoms with Crippen LogP contribution in [-0.2, 0) is 25.6 Å². The van der Waals surface area contributed by atoms with Gasteiger partial charge in [0.2, 0.25) is 0 Å². The Morgan fingerprint density at radius 2 is 2.14 bits per heavy atom. The fourth-order valence-electron chi connectivity index (χ4n) is 6.06. The van der Waals surface area contributed by atoms with Crippen LogP contribution in [0.25, 0.3) is 0 Å². The topological polar surface area (TPSA) is 36.9 Å². The summed E-state index contributed by atoms with van der Waals surface area (Å²) in [5, 5.41) is 0. The van der Waals surface area contributed by atoms with Crippen molar-refractivity contribution in [2.24, 2.45) is 22.7 Å². The van der Waals surface area contributed by atoms with Gasteiger partial charge < -0.3 is 18.9 Å². The van der Waals surface area contributed by atoms with Crippen molar-refractivity contribution < 1.29 is 18.9 Å². The molecule has 0 radical (unpaired) electrons. The highest BCUT2D eigenvalue weighted by Crippen LogP contribution is 2.69. The molecule has 0 saturated carbocycles. The second-order valence-electron chi connectivity index (χ2n) is 8.34. The van der Waals surface area contributed by atoms with Crippen LogP contribution in [0.5, 0.6) is 0 Å². The van der Waals surface area contributed by atoms with Gasteiger partial charge >= 0.3 is 0 Å². The first-order valence-electron chi connectivity index (χ1n) is 10.1. The van der Waals surface area contributed by atoms with Crippen molar-refractivity contribution in [2.45, 2.75) is 18.8 Å². The molecule has 0 aromatic heterocycles. The van der Waals surface area contributed by atoms with Gasteiger partial charge in [-0.3, -0.25) is 0 Å². The van der Waals surface area contributed by atoms with E-state index < -0.39 is 11.2 Å². The number of benzene rings is 1. The van der Waals surface area contributed by atoms with E-state index in [-0.39, 0.29) is 11.3 Å². The zero-order valence-electron chi connectivity index (χ0n) is 16.4. The van der Waals surface area contributed by atoms with Crippen LogP contribution >= 0.6 is 0 Å². The summed E-state index contributed by atoms with van der Waals surface area (Å²) in [4.78, 5) is 0. The number of rotatable bonds is 6. The predicted octanol–water partition coefficient (Wildman–Crippen LogP) is 3.90. The van der Waals surface area contributed by atoms with E-state index in [1.54, 1.807) is 7.11 Å². The summed E-state index contributed by atoms with van der Waals surface area (Å²) in [6, 6.07) is 10.3. The zero-order valence-corrected chi connectivity index (χ0v) is 16.4. The summed E-state index contributed by atoms with van der Waals surface area (Å²) in [6.07, 6.45) is 9.98. The smallest absolute Gasteiger partial charge is 0.193 e. The van der Waals surface area contributed by atoms with Gasteiger partial charge in [0.1, 0.15) is 0 Å². The van der Waals surface area contributed by atoms with E-state index in [1.807, 2.05) is 24.3 Å². The van der Waals surface area contributed by atoms with Crippen LogP contribution < -0.4 is 0 Å². The summed E-state index contributed by atoms with van der Waals surface area (Å²) in [6.45, 7) is 7.33. The molecule has 4 heteroatoms. The summed E-state index contributed by atoms with van der Waals surface area (Å²) in [7, 11) is 1.77. The highest BCUT2D eigenvalue weighted by Gasteiger charge is 2.74. The van der Waals surface area contributed by atoms with Gasteiger partial charge in [-0.1, -0.05) is 54.6 Å². The Morgan fingerprint density at radius 3 is 2.93 bits per heavy atom. The lowest BCUT2D eigenvalue weighted by Crippen LogP contribution is -2.74. The number of methoxy groups -OCH3 is 1. The molecule has 0 amide bonds. The third kappa shape index (κ3) is 2.15. The summed E-state index contributed by atoms with van der Waals surface area (Å²) < 4.78 is 25.1. The van der Waals surface area contributed by atoms with Crippen LogP contribution in [0, 0.1) is 22.7 Å². The summed E-state index contributed by atoms with van der Waals surface area (Å²) in [5.41, 5.74) is 1.66. The van der Waals surface area contributed by atoms with Gasteiger partial charge in [-0.05, 0) is 17.6 Å². The normalized spacial score (nSPS) is 40.7. The molecule has 28 heavy (non-hydrogen) atoms. The maximum absolute atomic E-state index is 6.57. The van der Waals surface area contributed by atoms with E-state index >= 15 is 0 Å². The molecule has 5 aliphatic rings. The average molecular weight is 380 g/mol. The minimum absolute atomic E-state index is 0.109. The maximum atomic E-state index is 6.57. The standard InChI is InChI=1S/C24H28O4/c1-3-22(17-27-14-18-7-5-4-6-8-18)19-9-11-23-20(15-26-16-21(23)13-19)10-12-28-24(22,23)25-2/h3-9,11,13,19-20H,1,10,12,14-17H2,2H3/t19?,20-,22?,23?,24?/m0/s1. The van der Waals surface area contributed by atoms with Crippen LogP contribution in [0.4, 0.5) is 0 Å². The fourth-order valence-corrected chi connectivity index (χ4v) is 6.06. The Labute approximate surface area is 166 Å². The van der Waals surface area contributed by atoms with Crippen molar-refractivity contribution in [3.63, 3.8) is 0 Å². The maximum Gasteiger partial charge on any atom is 0.193 e. The second-order valence-corrected chi connectivity index (χ2v) is 8.34. The van der Waals surface area contributed by atoms with Crippen molar-refractivity contribution >= 4 is 0 Å². The monoisotopic (exact) mass is 380 g/mol. The Hall–Kier alpha value is -1.72. The van der Waals surface area contributed by atoms with Crippen LogP contribution in [0.2, 0.25) is 0 Å². The molecule has 4 nitrogen and oxygen atoms in total. The molecule has 0 N–H and O–H groups in total.